The zero-order valence-electron chi connectivity index (χ0n) is 15.1. The van der Waals surface area contributed by atoms with Gasteiger partial charge in [0.05, 0.1) is 20.5 Å². The molecular formula is C18H16Cl2N2O5S. The topological polar surface area (TPSA) is 108 Å². The number of aliphatic hydroxyl groups excluding tert-OH is 1. The average molecular weight is 443 g/mol. The van der Waals surface area contributed by atoms with E-state index in [0.717, 1.165) is 4.90 Å². The number of carbonyl (C=O) groups is 1. The van der Waals surface area contributed by atoms with Crippen LogP contribution in [0.3, 0.4) is 0 Å². The maximum absolute atomic E-state index is 13.4. The molecule has 0 fully saturated rings. The van der Waals surface area contributed by atoms with Crippen molar-refractivity contribution in [3.8, 4) is 0 Å². The molecule has 0 radical (unpaired) electrons. The molecule has 1 aromatic heterocycles. The van der Waals surface area contributed by atoms with Gasteiger partial charge >= 0.3 is 6.09 Å². The van der Waals surface area contributed by atoms with Crippen LogP contribution in [0.15, 0.2) is 30.5 Å². The van der Waals surface area contributed by atoms with Crippen LogP contribution in [-0.4, -0.2) is 36.8 Å². The molecule has 10 heteroatoms. The third-order valence-corrected chi connectivity index (χ3v) is 7.97. The highest BCUT2D eigenvalue weighted by Crippen LogP contribution is 2.50. The van der Waals surface area contributed by atoms with Crippen molar-refractivity contribution >= 4 is 55.5 Å². The summed E-state index contributed by atoms with van der Waals surface area (Å²) in [6.07, 6.45) is 0.103. The largest absolute Gasteiger partial charge is 0.504 e. The lowest BCUT2D eigenvalue weighted by atomic mass is 9.98. The average Bonchev–Trinajstić information content (AvgIpc) is 2.62. The Morgan fingerprint density at radius 1 is 1.21 bits per heavy atom. The van der Waals surface area contributed by atoms with Gasteiger partial charge in [-0.25, -0.2) is 13.2 Å². The van der Waals surface area contributed by atoms with Gasteiger partial charge in [0.2, 0.25) is 0 Å². The van der Waals surface area contributed by atoms with E-state index in [1.807, 2.05) is 0 Å². The van der Waals surface area contributed by atoms with E-state index in [0.29, 0.717) is 5.56 Å². The molecule has 28 heavy (non-hydrogen) atoms. The third kappa shape index (κ3) is 2.75. The number of anilines is 1. The number of rotatable bonds is 2. The summed E-state index contributed by atoms with van der Waals surface area (Å²) in [5, 5.41) is 19.9. The van der Waals surface area contributed by atoms with Gasteiger partial charge in [0.1, 0.15) is 10.6 Å². The molecule has 0 spiro atoms. The Morgan fingerprint density at radius 2 is 1.86 bits per heavy atom. The SMILES string of the molecule is CN(C(=O)O)c1c(Cl)ccc(C2=C(O)c3ncccc3C(C)(C)S2(=O)=O)c1Cl. The van der Waals surface area contributed by atoms with Crippen LogP contribution in [0.1, 0.15) is 30.7 Å². The van der Waals surface area contributed by atoms with Crippen molar-refractivity contribution in [1.82, 2.24) is 4.98 Å². The number of amides is 1. The molecule has 0 bridgehead atoms. The van der Waals surface area contributed by atoms with Gasteiger partial charge in [-0.2, -0.15) is 0 Å². The minimum absolute atomic E-state index is 0.0183. The van der Waals surface area contributed by atoms with Crippen molar-refractivity contribution < 1.29 is 23.4 Å². The summed E-state index contributed by atoms with van der Waals surface area (Å²) in [6, 6.07) is 5.83. The third-order valence-electron chi connectivity index (χ3n) is 4.77. The Bertz CT molecular complexity index is 1140. The first-order valence-electron chi connectivity index (χ1n) is 8.01. The van der Waals surface area contributed by atoms with E-state index in [-0.39, 0.29) is 27.0 Å². The summed E-state index contributed by atoms with van der Waals surface area (Å²) in [5.41, 5.74) is 0.324. The van der Waals surface area contributed by atoms with Crippen molar-refractivity contribution in [3.63, 3.8) is 0 Å². The maximum Gasteiger partial charge on any atom is 0.411 e. The van der Waals surface area contributed by atoms with E-state index < -0.39 is 31.3 Å². The molecule has 2 N–H and O–H groups in total. The molecule has 0 aliphatic carbocycles. The molecule has 7 nitrogen and oxygen atoms in total. The number of fused-ring (bicyclic) bond motifs is 1. The van der Waals surface area contributed by atoms with Gasteiger partial charge < -0.3 is 10.2 Å². The van der Waals surface area contributed by atoms with Gasteiger partial charge in [-0.1, -0.05) is 35.3 Å². The molecule has 1 aliphatic heterocycles. The Morgan fingerprint density at radius 3 is 2.46 bits per heavy atom. The second-order valence-electron chi connectivity index (χ2n) is 6.69. The lowest BCUT2D eigenvalue weighted by molar-refractivity contribution is 0.203. The summed E-state index contributed by atoms with van der Waals surface area (Å²) in [7, 11) is -2.89. The molecule has 0 unspecified atom stereocenters. The summed E-state index contributed by atoms with van der Waals surface area (Å²) >= 11 is 12.5. The number of halogens is 2. The number of pyridine rings is 1. The fourth-order valence-electron chi connectivity index (χ4n) is 3.11. The quantitative estimate of drug-likeness (QED) is 0.705. The number of nitrogens with zero attached hydrogens (tertiary/aromatic N) is 2. The molecule has 0 saturated carbocycles. The Kier molecular flexibility index (Phi) is 4.85. The first kappa shape index (κ1) is 20.4. The van der Waals surface area contributed by atoms with Gasteiger partial charge in [0.15, 0.2) is 15.6 Å². The smallest absolute Gasteiger partial charge is 0.411 e. The molecular weight excluding hydrogens is 427 g/mol. The van der Waals surface area contributed by atoms with Crippen molar-refractivity contribution in [2.45, 2.75) is 18.6 Å². The lowest BCUT2D eigenvalue weighted by Crippen LogP contribution is -2.35. The van der Waals surface area contributed by atoms with Crippen molar-refractivity contribution in [1.29, 1.82) is 0 Å². The van der Waals surface area contributed by atoms with Crippen LogP contribution in [0.5, 0.6) is 0 Å². The Balaban J connectivity index is 2.42. The first-order chi connectivity index (χ1) is 12.9. The van der Waals surface area contributed by atoms with E-state index in [1.165, 1.54) is 39.2 Å². The van der Waals surface area contributed by atoms with Crippen LogP contribution in [0.25, 0.3) is 10.7 Å². The summed E-state index contributed by atoms with van der Waals surface area (Å²) in [6.45, 7) is 3.01. The fourth-order valence-corrected chi connectivity index (χ4v) is 5.66. The van der Waals surface area contributed by atoms with E-state index in [1.54, 1.807) is 12.1 Å². The number of aliphatic hydroxyl groups is 1. The van der Waals surface area contributed by atoms with Gasteiger partial charge in [-0.05, 0) is 26.0 Å². The molecule has 2 heterocycles. The number of hydrogen-bond acceptors (Lipinski definition) is 5. The molecule has 148 valence electrons. The number of aromatic nitrogens is 1. The van der Waals surface area contributed by atoms with Gasteiger partial charge in [0, 0.05) is 24.4 Å². The molecule has 2 aromatic rings. The second-order valence-corrected chi connectivity index (χ2v) is 9.91. The highest BCUT2D eigenvalue weighted by molar-refractivity contribution is 8.01. The van der Waals surface area contributed by atoms with E-state index >= 15 is 0 Å². The van der Waals surface area contributed by atoms with Crippen molar-refractivity contribution in [2.75, 3.05) is 11.9 Å². The summed E-state index contributed by atoms with van der Waals surface area (Å²) in [5.74, 6) is -0.553. The van der Waals surface area contributed by atoms with Gasteiger partial charge in [0.25, 0.3) is 0 Å². The van der Waals surface area contributed by atoms with Gasteiger partial charge in [-0.15, -0.1) is 0 Å². The van der Waals surface area contributed by atoms with Crippen molar-refractivity contribution in [2.24, 2.45) is 0 Å². The summed E-state index contributed by atoms with van der Waals surface area (Å²) in [4.78, 5) is 15.8. The fraction of sp³-hybridized carbons (Fsp3) is 0.222. The highest BCUT2D eigenvalue weighted by atomic mass is 35.5. The van der Waals surface area contributed by atoms with Crippen LogP contribution >= 0.6 is 23.2 Å². The molecule has 1 aliphatic rings. The normalized spacial score (nSPS) is 17.2. The van der Waals surface area contributed by atoms with Crippen LogP contribution in [-0.2, 0) is 14.6 Å². The molecule has 3 rings (SSSR count). The predicted molar refractivity (Wildman–Crippen MR) is 109 cm³/mol. The molecule has 1 amide bonds. The Hall–Kier alpha value is -2.29. The zero-order valence-corrected chi connectivity index (χ0v) is 17.4. The Labute approximate surface area is 171 Å². The minimum Gasteiger partial charge on any atom is -0.504 e. The summed E-state index contributed by atoms with van der Waals surface area (Å²) < 4.78 is 25.4. The maximum atomic E-state index is 13.4. The van der Waals surface area contributed by atoms with E-state index in [9.17, 15) is 23.4 Å². The number of hydrogen-bond donors (Lipinski definition) is 2. The highest BCUT2D eigenvalue weighted by Gasteiger charge is 2.48. The van der Waals surface area contributed by atoms with Crippen molar-refractivity contribution in [3.05, 3.63) is 57.3 Å². The molecule has 1 aromatic carbocycles. The second kappa shape index (κ2) is 6.65. The number of carboxylic acid groups (broad SMARTS) is 1. The van der Waals surface area contributed by atoms with Crippen LogP contribution < -0.4 is 4.90 Å². The molecule has 0 atom stereocenters. The zero-order chi connectivity index (χ0) is 21.0. The monoisotopic (exact) mass is 442 g/mol. The van der Waals surface area contributed by atoms with Gasteiger partial charge in [-0.3, -0.25) is 9.88 Å². The minimum atomic E-state index is -4.12. The molecule has 0 saturated heterocycles. The van der Waals surface area contributed by atoms with E-state index in [4.69, 9.17) is 23.2 Å². The number of sulfone groups is 1. The van der Waals surface area contributed by atoms with Crippen LogP contribution in [0.2, 0.25) is 10.0 Å². The first-order valence-corrected chi connectivity index (χ1v) is 10.3. The number of benzene rings is 1. The van der Waals surface area contributed by atoms with Crippen LogP contribution in [0.4, 0.5) is 10.5 Å². The standard InChI is InChI=1S/C18H16Cl2N2O5S/c1-18(2)10-5-4-8-21-13(10)15(23)16(28(18,26)27)9-6-7-11(19)14(12(9)20)22(3)17(24)25/h4-8,23H,1-3H3,(H,24,25). The van der Waals surface area contributed by atoms with E-state index in [2.05, 4.69) is 4.98 Å². The van der Waals surface area contributed by atoms with Crippen LogP contribution in [0, 0.1) is 0 Å². The predicted octanol–water partition coefficient (Wildman–Crippen LogP) is 4.55. The lowest BCUT2D eigenvalue weighted by Gasteiger charge is -2.33.